The molecule has 2 heterocycles. The Morgan fingerprint density at radius 3 is 2.00 bits per heavy atom. The number of carbonyl (C=O) groups is 3. The first-order chi connectivity index (χ1) is 13.5. The number of aliphatic hydroxyl groups excluding tert-OH is 2. The van der Waals surface area contributed by atoms with E-state index in [1.165, 1.54) is 0 Å². The number of imide groups is 1. The Balaban J connectivity index is 1.67. The summed E-state index contributed by atoms with van der Waals surface area (Å²) in [5.74, 6) is -1.60. The van der Waals surface area contributed by atoms with Crippen molar-refractivity contribution in [1.29, 1.82) is 0 Å². The van der Waals surface area contributed by atoms with E-state index in [-0.39, 0.29) is 30.5 Å². The highest BCUT2D eigenvalue weighted by molar-refractivity contribution is 6.22. The molecule has 0 aromatic heterocycles. The molecule has 0 aliphatic carbocycles. The number of carbonyl (C=O) groups excluding carboxylic acids is 3. The Bertz CT molecular complexity index is 894. The van der Waals surface area contributed by atoms with E-state index < -0.39 is 36.1 Å². The topological polar surface area (TPSA) is 98.2 Å². The molecule has 3 amide bonds. The molecular formula is C21H20N2O5. The lowest BCUT2D eigenvalue weighted by Gasteiger charge is -2.32. The van der Waals surface area contributed by atoms with Crippen LogP contribution in [0.4, 0.5) is 0 Å². The predicted octanol–water partition coefficient (Wildman–Crippen LogP) is 1.15. The minimum Gasteiger partial charge on any atom is -0.388 e. The summed E-state index contributed by atoms with van der Waals surface area (Å²) in [5, 5.41) is 20.7. The molecule has 1 fully saturated rings. The molecule has 2 aromatic carbocycles. The minimum atomic E-state index is -1.41. The monoisotopic (exact) mass is 380 g/mol. The van der Waals surface area contributed by atoms with Gasteiger partial charge >= 0.3 is 0 Å². The average Bonchev–Trinajstić information content (AvgIpc) is 2.92. The maximum absolute atomic E-state index is 13.2. The summed E-state index contributed by atoms with van der Waals surface area (Å²) < 4.78 is 0. The van der Waals surface area contributed by atoms with Gasteiger partial charge in [-0.3, -0.25) is 19.3 Å². The number of fused-ring (bicyclic) bond motifs is 1. The highest BCUT2D eigenvalue weighted by atomic mass is 16.3. The molecule has 2 aliphatic heterocycles. The van der Waals surface area contributed by atoms with E-state index in [4.69, 9.17) is 0 Å². The van der Waals surface area contributed by atoms with Crippen LogP contribution in [0.3, 0.4) is 0 Å². The number of aliphatic hydroxyl groups is 2. The number of hydrogen-bond donors (Lipinski definition) is 2. The third-order valence-electron chi connectivity index (χ3n) is 5.30. The van der Waals surface area contributed by atoms with Crippen molar-refractivity contribution in [1.82, 2.24) is 9.80 Å². The SMILES string of the molecule is O=C1[C@@H](N2C(=O)c3ccccc3C2=O)CCC(O)C(O)N1Cc1ccccc1. The lowest BCUT2D eigenvalue weighted by Crippen LogP contribution is -2.52. The van der Waals surface area contributed by atoms with Crippen LogP contribution in [0.5, 0.6) is 0 Å². The van der Waals surface area contributed by atoms with Crippen molar-refractivity contribution in [3.8, 4) is 0 Å². The quantitative estimate of drug-likeness (QED) is 0.779. The second kappa shape index (κ2) is 7.18. The lowest BCUT2D eigenvalue weighted by molar-refractivity contribution is -0.152. The molecule has 1 saturated heterocycles. The zero-order valence-corrected chi connectivity index (χ0v) is 15.1. The van der Waals surface area contributed by atoms with Gasteiger partial charge in [0.1, 0.15) is 6.04 Å². The Morgan fingerprint density at radius 1 is 0.821 bits per heavy atom. The van der Waals surface area contributed by atoms with Crippen LogP contribution >= 0.6 is 0 Å². The molecule has 0 spiro atoms. The largest absolute Gasteiger partial charge is 0.388 e. The van der Waals surface area contributed by atoms with Crippen LogP contribution in [0.2, 0.25) is 0 Å². The molecule has 2 aliphatic rings. The number of likely N-dealkylation sites (tertiary alicyclic amines) is 1. The van der Waals surface area contributed by atoms with Crippen molar-refractivity contribution >= 4 is 17.7 Å². The number of amides is 3. The van der Waals surface area contributed by atoms with Crippen LogP contribution in [0.25, 0.3) is 0 Å². The van der Waals surface area contributed by atoms with E-state index in [1.807, 2.05) is 18.2 Å². The van der Waals surface area contributed by atoms with Crippen molar-refractivity contribution < 1.29 is 24.6 Å². The van der Waals surface area contributed by atoms with Crippen LogP contribution in [0.15, 0.2) is 54.6 Å². The molecule has 7 nitrogen and oxygen atoms in total. The van der Waals surface area contributed by atoms with Crippen LogP contribution in [-0.2, 0) is 11.3 Å². The summed E-state index contributed by atoms with van der Waals surface area (Å²) in [6.07, 6.45) is -2.38. The first-order valence-electron chi connectivity index (χ1n) is 9.16. The summed E-state index contributed by atoms with van der Waals surface area (Å²) >= 11 is 0. The number of nitrogens with zero attached hydrogens (tertiary/aromatic N) is 2. The number of hydrogen-bond acceptors (Lipinski definition) is 5. The normalized spacial score (nSPS) is 25.1. The second-order valence-corrected chi connectivity index (χ2v) is 7.05. The molecule has 7 heteroatoms. The van der Waals surface area contributed by atoms with E-state index in [2.05, 4.69) is 0 Å². The van der Waals surface area contributed by atoms with E-state index in [0.717, 1.165) is 15.4 Å². The van der Waals surface area contributed by atoms with E-state index in [9.17, 15) is 24.6 Å². The fourth-order valence-corrected chi connectivity index (χ4v) is 3.81. The van der Waals surface area contributed by atoms with E-state index >= 15 is 0 Å². The van der Waals surface area contributed by atoms with Crippen LogP contribution in [0.1, 0.15) is 39.1 Å². The zero-order chi connectivity index (χ0) is 19.8. The highest BCUT2D eigenvalue weighted by Gasteiger charge is 2.46. The van der Waals surface area contributed by atoms with Gasteiger partial charge < -0.3 is 15.1 Å². The van der Waals surface area contributed by atoms with Crippen molar-refractivity contribution in [3.05, 3.63) is 71.3 Å². The Kier molecular flexibility index (Phi) is 4.70. The molecule has 0 bridgehead atoms. The molecule has 3 atom stereocenters. The van der Waals surface area contributed by atoms with Gasteiger partial charge in [0.2, 0.25) is 5.91 Å². The third kappa shape index (κ3) is 2.98. The van der Waals surface area contributed by atoms with Crippen LogP contribution in [-0.4, -0.2) is 56.1 Å². The summed E-state index contributed by atoms with van der Waals surface area (Å²) in [4.78, 5) is 41.0. The molecule has 2 aromatic rings. The summed E-state index contributed by atoms with van der Waals surface area (Å²) in [6, 6.07) is 14.4. The minimum absolute atomic E-state index is 0.0670. The van der Waals surface area contributed by atoms with Crippen LogP contribution in [0, 0.1) is 0 Å². The van der Waals surface area contributed by atoms with Crippen LogP contribution < -0.4 is 0 Å². The summed E-state index contributed by atoms with van der Waals surface area (Å²) in [6.45, 7) is 0.0670. The molecule has 4 rings (SSSR count). The predicted molar refractivity (Wildman–Crippen MR) is 99.0 cm³/mol. The van der Waals surface area contributed by atoms with E-state index in [1.54, 1.807) is 36.4 Å². The molecule has 0 saturated carbocycles. The molecule has 0 radical (unpaired) electrons. The maximum atomic E-state index is 13.2. The second-order valence-electron chi connectivity index (χ2n) is 7.05. The number of benzene rings is 2. The van der Waals surface area contributed by atoms with Gasteiger partial charge in [0.25, 0.3) is 11.8 Å². The Labute approximate surface area is 161 Å². The third-order valence-corrected chi connectivity index (χ3v) is 5.30. The molecule has 28 heavy (non-hydrogen) atoms. The smallest absolute Gasteiger partial charge is 0.262 e. The van der Waals surface area contributed by atoms with Crippen molar-refractivity contribution in [2.75, 3.05) is 0 Å². The van der Waals surface area contributed by atoms with Gasteiger partial charge in [0.05, 0.1) is 17.2 Å². The van der Waals surface area contributed by atoms with Crippen molar-refractivity contribution in [2.45, 2.75) is 37.8 Å². The van der Waals surface area contributed by atoms with Gasteiger partial charge in [-0.15, -0.1) is 0 Å². The van der Waals surface area contributed by atoms with Gasteiger partial charge in [-0.2, -0.15) is 0 Å². The van der Waals surface area contributed by atoms with Gasteiger partial charge in [0, 0.05) is 6.54 Å². The fourth-order valence-electron chi connectivity index (χ4n) is 3.81. The van der Waals surface area contributed by atoms with Gasteiger partial charge in [-0.25, -0.2) is 0 Å². The van der Waals surface area contributed by atoms with Gasteiger partial charge in [-0.1, -0.05) is 42.5 Å². The summed E-state index contributed by atoms with van der Waals surface area (Å²) in [5.41, 5.74) is 1.30. The Hall–Kier alpha value is -3.03. The van der Waals surface area contributed by atoms with Crippen molar-refractivity contribution in [2.24, 2.45) is 0 Å². The summed E-state index contributed by atoms with van der Waals surface area (Å²) in [7, 11) is 0. The Morgan fingerprint density at radius 2 is 1.39 bits per heavy atom. The lowest BCUT2D eigenvalue weighted by atomic mass is 10.1. The average molecular weight is 380 g/mol. The number of rotatable bonds is 3. The molecule has 2 unspecified atom stereocenters. The van der Waals surface area contributed by atoms with Gasteiger partial charge in [0.15, 0.2) is 6.23 Å². The molecule has 144 valence electrons. The first kappa shape index (κ1) is 18.3. The maximum Gasteiger partial charge on any atom is 0.262 e. The van der Waals surface area contributed by atoms with Crippen molar-refractivity contribution in [3.63, 3.8) is 0 Å². The van der Waals surface area contributed by atoms with Gasteiger partial charge in [-0.05, 0) is 30.5 Å². The zero-order valence-electron chi connectivity index (χ0n) is 15.1. The molecular weight excluding hydrogens is 360 g/mol. The molecule has 2 N–H and O–H groups in total. The highest BCUT2D eigenvalue weighted by Crippen LogP contribution is 2.30. The van der Waals surface area contributed by atoms with E-state index in [0.29, 0.717) is 0 Å². The fraction of sp³-hybridized carbons (Fsp3) is 0.286. The first-order valence-corrected chi connectivity index (χ1v) is 9.16. The standard InChI is InChI=1S/C21H20N2O5/c24-17-11-10-16(23-18(25)14-8-4-5-9-15(14)19(23)26)20(27)22(21(17)28)12-13-6-2-1-3-7-13/h1-9,16-17,21,24,28H,10-12H2/t16-,17?,21?/m0/s1.